The van der Waals surface area contributed by atoms with E-state index in [1.54, 1.807) is 6.26 Å². The van der Waals surface area contributed by atoms with Crippen LogP contribution in [0.4, 0.5) is 0 Å². The number of hydrogen-bond donors (Lipinski definition) is 0. The molecule has 0 atom stereocenters. The molecule has 0 radical (unpaired) electrons. The zero-order chi connectivity index (χ0) is 18.9. The first-order valence-corrected chi connectivity index (χ1v) is 11.4. The maximum atomic E-state index is 5.70. The van der Waals surface area contributed by atoms with Crippen molar-refractivity contribution in [1.82, 2.24) is 4.57 Å². The number of furan rings is 1. The van der Waals surface area contributed by atoms with Crippen LogP contribution < -0.4 is 0 Å². The Bertz CT molecular complexity index is 1710. The first kappa shape index (κ1) is 15.6. The van der Waals surface area contributed by atoms with Crippen LogP contribution in [-0.4, -0.2) is 19.1 Å². The van der Waals surface area contributed by atoms with Gasteiger partial charge in [0.2, 0.25) is 0 Å². The van der Waals surface area contributed by atoms with Gasteiger partial charge in [-0.15, -0.1) is 0 Å². The Balaban J connectivity index is 1.72. The van der Waals surface area contributed by atoms with Crippen molar-refractivity contribution in [2.24, 2.45) is 0 Å². The molecule has 136 valence electrons. The summed E-state index contributed by atoms with van der Waals surface area (Å²) < 4.78 is 11.1. The van der Waals surface area contributed by atoms with Crippen LogP contribution in [0.15, 0.2) is 95.6 Å². The van der Waals surface area contributed by atoms with E-state index in [0.717, 1.165) is 5.58 Å². The molecule has 0 aliphatic carbocycles. The molecule has 3 heterocycles. The molecule has 0 saturated carbocycles. The third-order valence-electron chi connectivity index (χ3n) is 5.89. The molecular formula is C26H15NOSe. The summed E-state index contributed by atoms with van der Waals surface area (Å²) in [7, 11) is 0. The maximum absolute atomic E-state index is 5.70. The van der Waals surface area contributed by atoms with Crippen LogP contribution in [0.3, 0.4) is 0 Å². The Hall–Kier alpha value is -3.26. The van der Waals surface area contributed by atoms with Crippen LogP contribution in [0.5, 0.6) is 0 Å². The Morgan fingerprint density at radius 3 is 2.41 bits per heavy atom. The Morgan fingerprint density at radius 2 is 1.45 bits per heavy atom. The van der Waals surface area contributed by atoms with Gasteiger partial charge in [-0.2, -0.15) is 0 Å². The number of fused-ring (bicyclic) bond motifs is 8. The molecule has 0 aliphatic rings. The number of hydrogen-bond acceptors (Lipinski definition) is 1. The molecule has 0 amide bonds. The molecule has 0 aliphatic heterocycles. The summed E-state index contributed by atoms with van der Waals surface area (Å²) in [4.78, 5) is 0. The molecule has 3 heteroatoms. The first-order valence-electron chi connectivity index (χ1n) is 9.70. The van der Waals surface area contributed by atoms with Gasteiger partial charge in [0, 0.05) is 0 Å². The number of nitrogens with zero attached hydrogens (tertiary/aromatic N) is 1. The molecule has 0 fully saturated rings. The summed E-state index contributed by atoms with van der Waals surface area (Å²) in [6, 6.07) is 30.7. The van der Waals surface area contributed by atoms with E-state index < -0.39 is 0 Å². The summed E-state index contributed by atoms with van der Waals surface area (Å²) in [6.07, 6.45) is 1.79. The van der Waals surface area contributed by atoms with Crippen molar-refractivity contribution in [2.75, 3.05) is 0 Å². The second-order valence-corrected chi connectivity index (χ2v) is 9.60. The Labute approximate surface area is 172 Å². The molecule has 0 spiro atoms. The van der Waals surface area contributed by atoms with Crippen LogP contribution in [0, 0.1) is 0 Å². The van der Waals surface area contributed by atoms with Gasteiger partial charge in [-0.3, -0.25) is 0 Å². The fourth-order valence-electron chi connectivity index (χ4n) is 4.68. The van der Waals surface area contributed by atoms with Gasteiger partial charge in [0.1, 0.15) is 0 Å². The molecule has 2 nitrogen and oxygen atoms in total. The molecule has 29 heavy (non-hydrogen) atoms. The van der Waals surface area contributed by atoms with E-state index in [-0.39, 0.29) is 0 Å². The summed E-state index contributed by atoms with van der Waals surface area (Å²) in [5, 5.41) is 6.50. The molecule has 3 aromatic heterocycles. The molecular weight excluding hydrogens is 421 g/mol. The van der Waals surface area contributed by atoms with Crippen LogP contribution in [0.2, 0.25) is 0 Å². The monoisotopic (exact) mass is 437 g/mol. The quantitative estimate of drug-likeness (QED) is 0.256. The van der Waals surface area contributed by atoms with Gasteiger partial charge >= 0.3 is 172 Å². The fourth-order valence-corrected chi connectivity index (χ4v) is 7.21. The van der Waals surface area contributed by atoms with Gasteiger partial charge in [-0.1, -0.05) is 0 Å². The molecule has 0 bridgehead atoms. The van der Waals surface area contributed by atoms with Gasteiger partial charge in [0.05, 0.1) is 0 Å². The molecule has 0 unspecified atom stereocenters. The summed E-state index contributed by atoms with van der Waals surface area (Å²) >= 11 is 0.306. The van der Waals surface area contributed by atoms with Gasteiger partial charge in [0.25, 0.3) is 0 Å². The van der Waals surface area contributed by atoms with Gasteiger partial charge < -0.3 is 0 Å². The van der Waals surface area contributed by atoms with Crippen LogP contribution >= 0.6 is 0 Å². The second kappa shape index (κ2) is 5.64. The second-order valence-electron chi connectivity index (χ2n) is 7.40. The minimum absolute atomic E-state index is 0.306. The normalized spacial score (nSPS) is 12.1. The molecule has 7 aromatic rings. The van der Waals surface area contributed by atoms with Crippen molar-refractivity contribution in [1.29, 1.82) is 0 Å². The van der Waals surface area contributed by atoms with Crippen molar-refractivity contribution in [3.8, 4) is 5.69 Å². The van der Waals surface area contributed by atoms with Crippen LogP contribution in [0.1, 0.15) is 0 Å². The predicted molar refractivity (Wildman–Crippen MR) is 123 cm³/mol. The van der Waals surface area contributed by atoms with Crippen molar-refractivity contribution >= 4 is 66.6 Å². The number of rotatable bonds is 1. The molecule has 4 aromatic carbocycles. The van der Waals surface area contributed by atoms with Gasteiger partial charge in [0.15, 0.2) is 0 Å². The first-order chi connectivity index (χ1) is 14.4. The number of para-hydroxylation sites is 1. The standard InChI is InChI=1S/C26H15NOSe/c1-3-9-20-18(7-1)25-19-14-15-28-23(19)13-12-21(25)27(20)22-10-5-8-17-16-6-2-4-11-24(16)29-26(17)22/h1-15H. The summed E-state index contributed by atoms with van der Waals surface area (Å²) in [6.45, 7) is 0. The van der Waals surface area contributed by atoms with E-state index >= 15 is 0 Å². The van der Waals surface area contributed by atoms with E-state index in [9.17, 15) is 0 Å². The molecule has 0 saturated heterocycles. The number of benzene rings is 4. The van der Waals surface area contributed by atoms with Gasteiger partial charge in [-0.05, 0) is 0 Å². The molecule has 0 N–H and O–H groups in total. The van der Waals surface area contributed by atoms with Crippen molar-refractivity contribution in [3.05, 3.63) is 91.2 Å². The zero-order valence-electron chi connectivity index (χ0n) is 15.4. The van der Waals surface area contributed by atoms with Crippen molar-refractivity contribution < 1.29 is 4.42 Å². The van der Waals surface area contributed by atoms with E-state index in [2.05, 4.69) is 89.5 Å². The SMILES string of the molecule is c1ccc2c(c1)[se]c1c(-n3c4ccccc4c4c5ccoc5ccc43)cccc12. The van der Waals surface area contributed by atoms with Crippen LogP contribution in [-0.2, 0) is 0 Å². The minimum atomic E-state index is 0.306. The average Bonchev–Trinajstić information content (AvgIpc) is 3.46. The van der Waals surface area contributed by atoms with E-state index in [4.69, 9.17) is 4.42 Å². The fraction of sp³-hybridized carbons (Fsp3) is 0. The van der Waals surface area contributed by atoms with E-state index in [1.807, 2.05) is 0 Å². The third kappa shape index (κ3) is 2.01. The average molecular weight is 436 g/mol. The van der Waals surface area contributed by atoms with E-state index in [1.165, 1.54) is 52.2 Å². The predicted octanol–water partition coefficient (Wildman–Crippen LogP) is 6.89. The Morgan fingerprint density at radius 1 is 0.621 bits per heavy atom. The Kier molecular flexibility index (Phi) is 3.04. The topological polar surface area (TPSA) is 18.1 Å². The summed E-state index contributed by atoms with van der Waals surface area (Å²) in [5.41, 5.74) is 4.72. The third-order valence-corrected chi connectivity index (χ3v) is 8.43. The van der Waals surface area contributed by atoms with Crippen molar-refractivity contribution in [3.63, 3.8) is 0 Å². The zero-order valence-corrected chi connectivity index (χ0v) is 17.1. The van der Waals surface area contributed by atoms with Crippen molar-refractivity contribution in [2.45, 2.75) is 0 Å². The van der Waals surface area contributed by atoms with Gasteiger partial charge in [-0.25, -0.2) is 0 Å². The number of aromatic nitrogens is 1. The van der Waals surface area contributed by atoms with E-state index in [0.29, 0.717) is 14.5 Å². The van der Waals surface area contributed by atoms with Crippen LogP contribution in [0.25, 0.3) is 57.8 Å². The molecule has 7 rings (SSSR count). The summed E-state index contributed by atoms with van der Waals surface area (Å²) in [5.74, 6) is 0.